The van der Waals surface area contributed by atoms with Crippen LogP contribution in [0.5, 0.6) is 0 Å². The van der Waals surface area contributed by atoms with Crippen molar-refractivity contribution in [2.45, 2.75) is 18.2 Å². The zero-order valence-electron chi connectivity index (χ0n) is 16.1. The predicted octanol–water partition coefficient (Wildman–Crippen LogP) is 2.35. The smallest absolute Gasteiger partial charge is 0.338 e. The minimum absolute atomic E-state index is 0.00438. The molecule has 0 bridgehead atoms. The lowest BCUT2D eigenvalue weighted by molar-refractivity contribution is 0.0474. The normalized spacial score (nSPS) is 10.9. The number of carbonyl (C=O) groups is 4. The van der Waals surface area contributed by atoms with Crippen LogP contribution in [-0.2, 0) is 19.6 Å². The molecule has 2 rings (SSSR count). The van der Waals surface area contributed by atoms with Gasteiger partial charge in [0.2, 0.25) is 0 Å². The first-order chi connectivity index (χ1) is 14.1. The van der Waals surface area contributed by atoms with Crippen LogP contribution in [0.1, 0.15) is 54.8 Å². The Morgan fingerprint density at radius 3 is 1.97 bits per heavy atom. The molecule has 0 radical (unpaired) electrons. The van der Waals surface area contributed by atoms with E-state index in [0.717, 1.165) is 18.2 Å². The van der Waals surface area contributed by atoms with Crippen LogP contribution in [-0.4, -0.2) is 50.2 Å². The third kappa shape index (κ3) is 5.37. The monoisotopic (exact) mass is 434 g/mol. The predicted molar refractivity (Wildman–Crippen MR) is 103 cm³/mol. The first-order valence-electron chi connectivity index (χ1n) is 8.62. The summed E-state index contributed by atoms with van der Waals surface area (Å²) in [6, 6.07) is 8.56. The quantitative estimate of drug-likeness (QED) is 0.376. The Labute approximate surface area is 172 Å². The summed E-state index contributed by atoms with van der Waals surface area (Å²) < 4.78 is 41.9. The molecule has 0 aromatic heterocycles. The molecule has 10 heteroatoms. The van der Waals surface area contributed by atoms with Crippen LogP contribution in [0, 0.1) is 0 Å². The van der Waals surface area contributed by atoms with E-state index < -0.39 is 45.1 Å². The first-order valence-corrected chi connectivity index (χ1v) is 10.1. The van der Waals surface area contributed by atoms with Gasteiger partial charge in [0.15, 0.2) is 18.2 Å². The standard InChI is InChI=1S/C20H18O9S/c1-3-16(21)15-9-8-14(10-18(15)30(25,26)27)20(24)29-11-17(22)12-4-6-13(7-5-12)19(23)28-2/h4-10H,3,11H2,1-2H3,(H,25,26,27). The summed E-state index contributed by atoms with van der Waals surface area (Å²) >= 11 is 0. The van der Waals surface area contributed by atoms with Crippen molar-refractivity contribution in [2.24, 2.45) is 0 Å². The first kappa shape index (κ1) is 22.9. The summed E-state index contributed by atoms with van der Waals surface area (Å²) in [6.45, 7) is 0.870. The van der Waals surface area contributed by atoms with E-state index in [4.69, 9.17) is 4.74 Å². The van der Waals surface area contributed by atoms with Gasteiger partial charge < -0.3 is 9.47 Å². The molecule has 9 nitrogen and oxygen atoms in total. The Morgan fingerprint density at radius 2 is 1.43 bits per heavy atom. The Morgan fingerprint density at radius 1 is 0.867 bits per heavy atom. The number of rotatable bonds is 8. The van der Waals surface area contributed by atoms with E-state index in [0.29, 0.717) is 0 Å². The van der Waals surface area contributed by atoms with Gasteiger partial charge in [0.05, 0.1) is 18.2 Å². The third-order valence-electron chi connectivity index (χ3n) is 4.08. The third-order valence-corrected chi connectivity index (χ3v) is 4.97. The Kier molecular flexibility index (Phi) is 7.19. The van der Waals surface area contributed by atoms with Crippen LogP contribution in [0.2, 0.25) is 0 Å². The van der Waals surface area contributed by atoms with E-state index in [1.165, 1.54) is 38.3 Å². The highest BCUT2D eigenvalue weighted by atomic mass is 32.2. The minimum atomic E-state index is -4.77. The van der Waals surface area contributed by atoms with E-state index in [2.05, 4.69) is 4.74 Å². The molecule has 30 heavy (non-hydrogen) atoms. The highest BCUT2D eigenvalue weighted by molar-refractivity contribution is 7.86. The number of methoxy groups -OCH3 is 1. The van der Waals surface area contributed by atoms with Gasteiger partial charge >= 0.3 is 11.9 Å². The SMILES string of the molecule is CCC(=O)c1ccc(C(=O)OCC(=O)c2ccc(C(=O)OC)cc2)cc1S(=O)(=O)O. The molecule has 0 unspecified atom stereocenters. The fraction of sp³-hybridized carbons (Fsp3) is 0.200. The van der Waals surface area contributed by atoms with Crippen LogP contribution in [0.3, 0.4) is 0 Å². The van der Waals surface area contributed by atoms with Crippen LogP contribution < -0.4 is 0 Å². The number of hydrogen-bond acceptors (Lipinski definition) is 8. The second kappa shape index (κ2) is 9.42. The van der Waals surface area contributed by atoms with Crippen LogP contribution in [0.15, 0.2) is 47.4 Å². The summed E-state index contributed by atoms with van der Waals surface area (Å²) in [5, 5.41) is 0. The number of hydrogen-bond donors (Lipinski definition) is 1. The fourth-order valence-electron chi connectivity index (χ4n) is 2.49. The van der Waals surface area contributed by atoms with Gasteiger partial charge in [0.25, 0.3) is 10.1 Å². The molecule has 2 aromatic carbocycles. The second-order valence-electron chi connectivity index (χ2n) is 6.03. The molecule has 0 atom stereocenters. The molecule has 0 amide bonds. The zero-order chi connectivity index (χ0) is 22.5. The molecule has 158 valence electrons. The van der Waals surface area contributed by atoms with Crippen molar-refractivity contribution >= 4 is 33.6 Å². The molecule has 0 saturated heterocycles. The molecule has 0 aliphatic rings. The average molecular weight is 434 g/mol. The molecule has 0 spiro atoms. The summed E-state index contributed by atoms with van der Waals surface area (Å²) in [5.41, 5.74) is -0.0917. The molecule has 0 saturated carbocycles. The molecular weight excluding hydrogens is 416 g/mol. The summed E-state index contributed by atoms with van der Waals surface area (Å²) in [7, 11) is -3.54. The molecule has 0 aliphatic carbocycles. The van der Waals surface area contributed by atoms with Crippen molar-refractivity contribution in [3.63, 3.8) is 0 Å². The maximum Gasteiger partial charge on any atom is 0.338 e. The maximum absolute atomic E-state index is 12.2. The second-order valence-corrected chi connectivity index (χ2v) is 7.42. The Balaban J connectivity index is 2.15. The van der Waals surface area contributed by atoms with Crippen molar-refractivity contribution in [3.8, 4) is 0 Å². The van der Waals surface area contributed by atoms with Gasteiger partial charge in [-0.2, -0.15) is 8.42 Å². The van der Waals surface area contributed by atoms with E-state index >= 15 is 0 Å². The highest BCUT2D eigenvalue weighted by Crippen LogP contribution is 2.20. The Hall–Kier alpha value is -3.37. The molecule has 0 heterocycles. The Bertz CT molecular complexity index is 1100. The van der Waals surface area contributed by atoms with E-state index in [9.17, 15) is 32.1 Å². The van der Waals surface area contributed by atoms with Crippen molar-refractivity contribution in [1.82, 2.24) is 0 Å². The maximum atomic E-state index is 12.2. The van der Waals surface area contributed by atoms with Gasteiger partial charge in [0.1, 0.15) is 4.90 Å². The number of esters is 2. The fourth-order valence-corrected chi connectivity index (χ4v) is 3.23. The van der Waals surface area contributed by atoms with Crippen LogP contribution >= 0.6 is 0 Å². The van der Waals surface area contributed by atoms with Gasteiger partial charge in [-0.15, -0.1) is 0 Å². The lowest BCUT2D eigenvalue weighted by Gasteiger charge is -2.09. The molecule has 0 fully saturated rings. The van der Waals surface area contributed by atoms with Gasteiger partial charge in [0, 0.05) is 17.5 Å². The number of Topliss-reactive ketones (excluding diaryl/α,β-unsaturated/α-hetero) is 2. The summed E-state index contributed by atoms with van der Waals surface area (Å²) in [4.78, 5) is 46.9. The number of ether oxygens (including phenoxy) is 2. The summed E-state index contributed by atoms with van der Waals surface area (Å²) in [6.07, 6.45) is -0.00438. The molecular formula is C20H18O9S. The van der Waals surface area contributed by atoms with Gasteiger partial charge in [-0.1, -0.05) is 19.1 Å². The average Bonchev–Trinajstić information content (AvgIpc) is 2.75. The molecule has 2 aromatic rings. The van der Waals surface area contributed by atoms with Gasteiger partial charge in [-0.05, 0) is 30.3 Å². The van der Waals surface area contributed by atoms with E-state index in [1.54, 1.807) is 0 Å². The largest absolute Gasteiger partial charge is 0.465 e. The van der Waals surface area contributed by atoms with Crippen molar-refractivity contribution in [1.29, 1.82) is 0 Å². The van der Waals surface area contributed by atoms with Crippen LogP contribution in [0.25, 0.3) is 0 Å². The van der Waals surface area contributed by atoms with Gasteiger partial charge in [-0.25, -0.2) is 9.59 Å². The van der Waals surface area contributed by atoms with E-state index in [-0.39, 0.29) is 28.7 Å². The topological polar surface area (TPSA) is 141 Å². The lowest BCUT2D eigenvalue weighted by Crippen LogP contribution is -2.16. The van der Waals surface area contributed by atoms with Crippen molar-refractivity contribution < 1.29 is 41.6 Å². The zero-order valence-corrected chi connectivity index (χ0v) is 16.9. The lowest BCUT2D eigenvalue weighted by atomic mass is 10.1. The van der Waals surface area contributed by atoms with Crippen LogP contribution in [0.4, 0.5) is 0 Å². The van der Waals surface area contributed by atoms with E-state index in [1.807, 2.05) is 0 Å². The number of ketones is 2. The van der Waals surface area contributed by atoms with Crippen molar-refractivity contribution in [2.75, 3.05) is 13.7 Å². The number of benzene rings is 2. The minimum Gasteiger partial charge on any atom is -0.465 e. The molecule has 1 N–H and O–H groups in total. The molecule has 0 aliphatic heterocycles. The number of carbonyl (C=O) groups excluding carboxylic acids is 4. The van der Waals surface area contributed by atoms with Crippen molar-refractivity contribution in [3.05, 3.63) is 64.7 Å². The summed E-state index contributed by atoms with van der Waals surface area (Å²) in [5.74, 6) is -2.68. The van der Waals surface area contributed by atoms with Gasteiger partial charge in [-0.3, -0.25) is 14.1 Å². The highest BCUT2D eigenvalue weighted by Gasteiger charge is 2.22.